The number of hydrogen-bond donors (Lipinski definition) is 0. The van der Waals surface area contributed by atoms with Crippen LogP contribution < -0.4 is 0 Å². The van der Waals surface area contributed by atoms with Crippen molar-refractivity contribution in [2.75, 3.05) is 0 Å². The van der Waals surface area contributed by atoms with Crippen LogP contribution in [0.4, 0.5) is 0 Å². The summed E-state index contributed by atoms with van der Waals surface area (Å²) in [6.07, 6.45) is 0. The largest absolute Gasteiger partial charge is 0.456 e. The van der Waals surface area contributed by atoms with Gasteiger partial charge in [0.1, 0.15) is 11.2 Å². The molecular weight excluding hydrogens is 593 g/mol. The van der Waals surface area contributed by atoms with Crippen LogP contribution >= 0.6 is 0 Å². The van der Waals surface area contributed by atoms with Gasteiger partial charge in [0.2, 0.25) is 0 Å². The van der Waals surface area contributed by atoms with E-state index in [1.54, 1.807) is 0 Å². The van der Waals surface area contributed by atoms with Gasteiger partial charge in [0, 0.05) is 10.8 Å². The van der Waals surface area contributed by atoms with Crippen molar-refractivity contribution >= 4 is 54.3 Å². The lowest BCUT2D eigenvalue weighted by atomic mass is 9.83. The maximum absolute atomic E-state index is 6.36. The quantitative estimate of drug-likeness (QED) is 0.178. The molecule has 10 aromatic rings. The van der Waals surface area contributed by atoms with E-state index in [4.69, 9.17) is 4.42 Å². The van der Waals surface area contributed by atoms with Crippen LogP contribution in [0.15, 0.2) is 186 Å². The van der Waals surface area contributed by atoms with Crippen molar-refractivity contribution in [3.63, 3.8) is 0 Å². The molecular formula is C48H30O. The maximum atomic E-state index is 6.36. The molecule has 0 N–H and O–H groups in total. The highest BCUT2D eigenvalue weighted by molar-refractivity contribution is 6.27. The number of para-hydroxylation sites is 1. The van der Waals surface area contributed by atoms with Crippen LogP contribution in [0.25, 0.3) is 98.8 Å². The van der Waals surface area contributed by atoms with E-state index in [0.717, 1.165) is 21.9 Å². The summed E-state index contributed by atoms with van der Waals surface area (Å²) < 4.78 is 6.36. The number of benzene rings is 9. The Morgan fingerprint density at radius 2 is 0.796 bits per heavy atom. The molecule has 0 aliphatic heterocycles. The Balaban J connectivity index is 1.25. The molecule has 228 valence electrons. The van der Waals surface area contributed by atoms with Gasteiger partial charge in [-0.25, -0.2) is 0 Å². The molecule has 0 amide bonds. The third kappa shape index (κ3) is 4.40. The van der Waals surface area contributed by atoms with Gasteiger partial charge in [0.15, 0.2) is 0 Å². The first-order valence-electron chi connectivity index (χ1n) is 16.8. The van der Waals surface area contributed by atoms with Gasteiger partial charge in [0.05, 0.1) is 0 Å². The zero-order valence-electron chi connectivity index (χ0n) is 26.7. The van der Waals surface area contributed by atoms with Crippen molar-refractivity contribution in [2.24, 2.45) is 0 Å². The second kappa shape index (κ2) is 11.1. The van der Waals surface area contributed by atoms with Crippen LogP contribution in [0.5, 0.6) is 0 Å². The van der Waals surface area contributed by atoms with Crippen LogP contribution in [0.1, 0.15) is 0 Å². The molecule has 9 aromatic carbocycles. The predicted octanol–water partition coefficient (Wildman–Crippen LogP) is 13.7. The maximum Gasteiger partial charge on any atom is 0.136 e. The van der Waals surface area contributed by atoms with Crippen molar-refractivity contribution < 1.29 is 4.42 Å². The molecule has 1 aromatic heterocycles. The lowest BCUT2D eigenvalue weighted by Gasteiger charge is -2.19. The highest BCUT2D eigenvalue weighted by Gasteiger charge is 2.21. The normalized spacial score (nSPS) is 11.7. The van der Waals surface area contributed by atoms with E-state index < -0.39 is 0 Å². The second-order valence-electron chi connectivity index (χ2n) is 12.8. The summed E-state index contributed by atoms with van der Waals surface area (Å²) in [5, 5.41) is 9.73. The minimum Gasteiger partial charge on any atom is -0.456 e. The lowest BCUT2D eigenvalue weighted by Crippen LogP contribution is -1.92. The molecule has 0 atom stereocenters. The van der Waals surface area contributed by atoms with Gasteiger partial charge in [0.25, 0.3) is 0 Å². The summed E-state index contributed by atoms with van der Waals surface area (Å²) in [4.78, 5) is 0. The van der Waals surface area contributed by atoms with Crippen LogP contribution in [0.2, 0.25) is 0 Å². The molecule has 0 radical (unpaired) electrons. The average molecular weight is 623 g/mol. The molecule has 0 aliphatic rings. The van der Waals surface area contributed by atoms with Gasteiger partial charge < -0.3 is 4.42 Å². The highest BCUT2D eigenvalue weighted by atomic mass is 16.3. The minimum atomic E-state index is 0.911. The molecule has 1 nitrogen and oxygen atoms in total. The van der Waals surface area contributed by atoms with Crippen molar-refractivity contribution in [1.82, 2.24) is 0 Å². The van der Waals surface area contributed by atoms with Crippen molar-refractivity contribution in [2.45, 2.75) is 0 Å². The molecule has 0 spiro atoms. The summed E-state index contributed by atoms with van der Waals surface area (Å²) >= 11 is 0. The highest BCUT2D eigenvalue weighted by Crippen LogP contribution is 2.48. The van der Waals surface area contributed by atoms with E-state index in [1.807, 2.05) is 6.07 Å². The Morgan fingerprint density at radius 3 is 1.53 bits per heavy atom. The van der Waals surface area contributed by atoms with Crippen molar-refractivity contribution in [3.05, 3.63) is 182 Å². The molecule has 10 rings (SSSR count). The number of fused-ring (bicyclic) bond motifs is 6. The van der Waals surface area contributed by atoms with E-state index in [0.29, 0.717) is 0 Å². The van der Waals surface area contributed by atoms with E-state index in [1.165, 1.54) is 76.8 Å². The number of furan rings is 1. The Kier molecular flexibility index (Phi) is 6.25. The van der Waals surface area contributed by atoms with E-state index in [-0.39, 0.29) is 0 Å². The smallest absolute Gasteiger partial charge is 0.136 e. The molecule has 0 aliphatic carbocycles. The Hall–Kier alpha value is -6.44. The minimum absolute atomic E-state index is 0.911. The molecule has 0 saturated heterocycles. The first-order valence-corrected chi connectivity index (χ1v) is 16.8. The van der Waals surface area contributed by atoms with Gasteiger partial charge >= 0.3 is 0 Å². The monoisotopic (exact) mass is 622 g/mol. The number of rotatable bonds is 4. The summed E-state index contributed by atoms with van der Waals surface area (Å²) in [5.74, 6) is 0. The summed E-state index contributed by atoms with van der Waals surface area (Å²) in [6.45, 7) is 0. The van der Waals surface area contributed by atoms with Gasteiger partial charge in [-0.3, -0.25) is 0 Å². The van der Waals surface area contributed by atoms with Gasteiger partial charge in [-0.05, 0) is 101 Å². The molecule has 0 fully saturated rings. The molecule has 0 unspecified atom stereocenters. The Bertz CT molecular complexity index is 2820. The average Bonchev–Trinajstić information content (AvgIpc) is 3.56. The van der Waals surface area contributed by atoms with Gasteiger partial charge in [-0.1, -0.05) is 158 Å². The Morgan fingerprint density at radius 1 is 0.286 bits per heavy atom. The van der Waals surface area contributed by atoms with Crippen LogP contribution in [-0.2, 0) is 0 Å². The summed E-state index contributed by atoms with van der Waals surface area (Å²) in [6, 6.07) is 65.8. The molecule has 0 saturated carbocycles. The fourth-order valence-electron chi connectivity index (χ4n) is 7.87. The zero-order valence-corrected chi connectivity index (χ0v) is 26.7. The molecule has 49 heavy (non-hydrogen) atoms. The van der Waals surface area contributed by atoms with Gasteiger partial charge in [-0.15, -0.1) is 0 Å². The second-order valence-corrected chi connectivity index (χ2v) is 12.8. The molecule has 1 heteroatoms. The fraction of sp³-hybridized carbons (Fsp3) is 0. The topological polar surface area (TPSA) is 13.1 Å². The standard InChI is InChI=1S/C48H30O/c1-2-13-31(14-3-1)33-16-10-17-34(29-33)35-28-27-32-15-11-23-40(43(32)30-35)46-36-18-4-6-20-38(36)47(39-21-7-5-19-37(39)46)42-24-12-26-45-48(42)41-22-8-9-25-44(41)49-45/h1-30H. The van der Waals surface area contributed by atoms with E-state index in [9.17, 15) is 0 Å². The lowest BCUT2D eigenvalue weighted by molar-refractivity contribution is 0.669. The van der Waals surface area contributed by atoms with Crippen molar-refractivity contribution in [1.29, 1.82) is 0 Å². The number of hydrogen-bond acceptors (Lipinski definition) is 1. The van der Waals surface area contributed by atoms with E-state index >= 15 is 0 Å². The van der Waals surface area contributed by atoms with Crippen molar-refractivity contribution in [3.8, 4) is 44.5 Å². The molecule has 1 heterocycles. The SMILES string of the molecule is c1ccc(-c2cccc(-c3ccc4cccc(-c5c6ccccc6c(-c6cccc7oc8ccccc8c67)c6ccccc56)c4c3)c2)cc1. The van der Waals surface area contributed by atoms with E-state index in [2.05, 4.69) is 176 Å². The fourth-order valence-corrected chi connectivity index (χ4v) is 7.87. The van der Waals surface area contributed by atoms with Crippen LogP contribution in [0, 0.1) is 0 Å². The summed E-state index contributed by atoms with van der Waals surface area (Å²) in [5.41, 5.74) is 11.6. The summed E-state index contributed by atoms with van der Waals surface area (Å²) in [7, 11) is 0. The van der Waals surface area contributed by atoms with Gasteiger partial charge in [-0.2, -0.15) is 0 Å². The molecule has 0 bridgehead atoms. The zero-order chi connectivity index (χ0) is 32.3. The third-order valence-corrected chi connectivity index (χ3v) is 10.1. The van der Waals surface area contributed by atoms with Crippen LogP contribution in [-0.4, -0.2) is 0 Å². The van der Waals surface area contributed by atoms with Crippen LogP contribution in [0.3, 0.4) is 0 Å². The predicted molar refractivity (Wildman–Crippen MR) is 208 cm³/mol. The third-order valence-electron chi connectivity index (χ3n) is 10.1. The Labute approximate surface area is 284 Å². The first kappa shape index (κ1) is 27.7. The first-order chi connectivity index (χ1) is 24.3.